The number of rotatable bonds is 8. The van der Waals surface area contributed by atoms with Crippen molar-refractivity contribution in [1.29, 1.82) is 0 Å². The van der Waals surface area contributed by atoms with Crippen LogP contribution in [-0.2, 0) is 0 Å². The molecule has 0 saturated heterocycles. The second-order valence-electron chi connectivity index (χ2n) is 9.04. The van der Waals surface area contributed by atoms with Crippen LogP contribution < -0.4 is 15.9 Å². The number of benzene rings is 3. The minimum absolute atomic E-state index is 0.0207. The SMILES string of the molecule is Cc1cc(C(=O)c2ccc(OCCC(C)c3ccc(Cl)cc3)cc2)c2oc(-c3nn[nH]n3)c(N)c(=O)c2c1. The van der Waals surface area contributed by atoms with E-state index in [0.717, 1.165) is 12.0 Å². The van der Waals surface area contributed by atoms with Gasteiger partial charge in [-0.25, -0.2) is 0 Å². The van der Waals surface area contributed by atoms with E-state index < -0.39 is 5.43 Å². The molecule has 1 unspecified atom stereocenters. The molecule has 0 saturated carbocycles. The molecular formula is C28H24ClN5O4. The molecule has 0 amide bonds. The number of ketones is 1. The number of H-pyrrole nitrogens is 1. The van der Waals surface area contributed by atoms with E-state index in [4.69, 9.17) is 26.5 Å². The van der Waals surface area contributed by atoms with Crippen LogP contribution >= 0.6 is 11.6 Å². The number of carbonyl (C=O) groups excluding carboxylic acids is 1. The third-order valence-electron chi connectivity index (χ3n) is 6.34. The predicted molar refractivity (Wildman–Crippen MR) is 145 cm³/mol. The number of nitrogens with zero attached hydrogens (tertiary/aromatic N) is 3. The zero-order chi connectivity index (χ0) is 26.8. The Morgan fingerprint density at radius 1 is 1.13 bits per heavy atom. The van der Waals surface area contributed by atoms with Gasteiger partial charge in [-0.1, -0.05) is 30.7 Å². The van der Waals surface area contributed by atoms with E-state index in [1.807, 2.05) is 24.3 Å². The third-order valence-corrected chi connectivity index (χ3v) is 6.59. The van der Waals surface area contributed by atoms with E-state index in [1.165, 1.54) is 5.56 Å². The molecule has 2 aromatic heterocycles. The van der Waals surface area contributed by atoms with Gasteiger partial charge in [-0.05, 0) is 84.1 Å². The smallest absolute Gasteiger partial charge is 0.242 e. The predicted octanol–water partition coefficient (Wildman–Crippen LogP) is 5.32. The Kier molecular flexibility index (Phi) is 6.93. The molecule has 0 radical (unpaired) electrons. The molecule has 1 atom stereocenters. The van der Waals surface area contributed by atoms with Crippen LogP contribution in [0.3, 0.4) is 0 Å². The van der Waals surface area contributed by atoms with Crippen molar-refractivity contribution >= 4 is 34.0 Å². The van der Waals surface area contributed by atoms with Crippen LogP contribution in [0.4, 0.5) is 5.69 Å². The summed E-state index contributed by atoms with van der Waals surface area (Å²) < 4.78 is 11.8. The van der Waals surface area contributed by atoms with Gasteiger partial charge >= 0.3 is 0 Å². The number of anilines is 1. The molecule has 0 fully saturated rings. The lowest BCUT2D eigenvalue weighted by Crippen LogP contribution is -2.13. The molecule has 10 heteroatoms. The fraction of sp³-hybridized carbons (Fsp3) is 0.179. The molecule has 5 aromatic rings. The van der Waals surface area contributed by atoms with E-state index in [-0.39, 0.29) is 39.6 Å². The Hall–Kier alpha value is -4.50. The van der Waals surface area contributed by atoms with E-state index in [9.17, 15) is 9.59 Å². The number of hydrogen-bond acceptors (Lipinski definition) is 8. The fourth-order valence-electron chi connectivity index (χ4n) is 4.22. The number of nitrogens with one attached hydrogen (secondary N) is 1. The average molecular weight is 530 g/mol. The number of fused-ring (bicyclic) bond motifs is 1. The highest BCUT2D eigenvalue weighted by molar-refractivity contribution is 6.30. The molecule has 0 spiro atoms. The summed E-state index contributed by atoms with van der Waals surface area (Å²) >= 11 is 5.97. The number of carbonyl (C=O) groups is 1. The summed E-state index contributed by atoms with van der Waals surface area (Å²) in [6, 6.07) is 18.0. The summed E-state index contributed by atoms with van der Waals surface area (Å²) in [6.07, 6.45) is 0.822. The van der Waals surface area contributed by atoms with Crippen molar-refractivity contribution < 1.29 is 13.9 Å². The standard InChI is InChI=1S/C28H24ClN5O4/c1-15-13-21(26-22(14-15)25(36)23(30)27(38-26)28-31-33-34-32-28)24(35)18-5-9-20(10-6-18)37-12-11-16(2)17-3-7-19(29)8-4-17/h3-10,13-14,16H,11-12,30H2,1-2H3,(H,31,32,33,34). The fourth-order valence-corrected chi connectivity index (χ4v) is 4.35. The van der Waals surface area contributed by atoms with Crippen molar-refractivity contribution in [3.63, 3.8) is 0 Å². The lowest BCUT2D eigenvalue weighted by atomic mass is 9.98. The maximum absolute atomic E-state index is 13.5. The molecule has 5 rings (SSSR count). The van der Waals surface area contributed by atoms with Gasteiger partial charge in [0.2, 0.25) is 17.0 Å². The number of tetrazole rings is 1. The molecule has 192 valence electrons. The average Bonchev–Trinajstić information content (AvgIpc) is 3.46. The molecule has 9 nitrogen and oxygen atoms in total. The van der Waals surface area contributed by atoms with Crippen LogP contribution in [0.15, 0.2) is 69.9 Å². The van der Waals surface area contributed by atoms with Gasteiger partial charge in [0.1, 0.15) is 17.0 Å². The van der Waals surface area contributed by atoms with E-state index in [1.54, 1.807) is 43.3 Å². The van der Waals surface area contributed by atoms with Gasteiger partial charge in [0.15, 0.2) is 5.78 Å². The van der Waals surface area contributed by atoms with Gasteiger partial charge in [-0.3, -0.25) is 9.59 Å². The van der Waals surface area contributed by atoms with Crippen molar-refractivity contribution in [3.05, 3.63) is 98.2 Å². The van der Waals surface area contributed by atoms with E-state index >= 15 is 0 Å². The first kappa shape index (κ1) is 25.2. The van der Waals surface area contributed by atoms with Crippen LogP contribution in [0.5, 0.6) is 5.75 Å². The summed E-state index contributed by atoms with van der Waals surface area (Å²) in [5, 5.41) is 14.4. The second-order valence-corrected chi connectivity index (χ2v) is 9.48. The largest absolute Gasteiger partial charge is 0.494 e. The number of aryl methyl sites for hydroxylation is 1. The maximum Gasteiger partial charge on any atom is 0.242 e. The van der Waals surface area contributed by atoms with E-state index in [0.29, 0.717) is 28.9 Å². The van der Waals surface area contributed by atoms with Crippen molar-refractivity contribution in [2.45, 2.75) is 26.2 Å². The number of aromatic amines is 1. The Labute approximate surface area is 222 Å². The number of nitrogens with two attached hydrogens (primary N) is 1. The maximum atomic E-state index is 13.5. The molecule has 3 N–H and O–H groups in total. The Morgan fingerprint density at radius 2 is 1.87 bits per heavy atom. The first-order chi connectivity index (χ1) is 18.3. The molecule has 2 heterocycles. The summed E-state index contributed by atoms with van der Waals surface area (Å²) in [6.45, 7) is 4.45. The summed E-state index contributed by atoms with van der Waals surface area (Å²) in [7, 11) is 0. The van der Waals surface area contributed by atoms with Crippen LogP contribution in [0.2, 0.25) is 5.02 Å². The highest BCUT2D eigenvalue weighted by Gasteiger charge is 2.22. The van der Waals surface area contributed by atoms with Crippen LogP contribution in [0.25, 0.3) is 22.6 Å². The number of ether oxygens (including phenoxy) is 1. The Morgan fingerprint density at radius 3 is 2.55 bits per heavy atom. The molecule has 3 aromatic carbocycles. The monoisotopic (exact) mass is 529 g/mol. The molecule has 0 aliphatic heterocycles. The van der Waals surface area contributed by atoms with Crippen LogP contribution in [-0.4, -0.2) is 33.0 Å². The number of hydrogen-bond donors (Lipinski definition) is 2. The van der Waals surface area contributed by atoms with Crippen molar-refractivity contribution in [2.24, 2.45) is 0 Å². The molecular weight excluding hydrogens is 506 g/mol. The number of aromatic nitrogens is 4. The van der Waals surface area contributed by atoms with Gasteiger partial charge in [-0.2, -0.15) is 5.21 Å². The summed E-state index contributed by atoms with van der Waals surface area (Å²) in [5.41, 5.74) is 8.04. The number of halogens is 1. The second kappa shape index (κ2) is 10.5. The minimum Gasteiger partial charge on any atom is -0.494 e. The van der Waals surface area contributed by atoms with Gasteiger partial charge in [0.25, 0.3) is 0 Å². The Balaban J connectivity index is 1.37. The van der Waals surface area contributed by atoms with Gasteiger partial charge in [0, 0.05) is 10.6 Å². The Bertz CT molecular complexity index is 1660. The highest BCUT2D eigenvalue weighted by atomic mass is 35.5. The zero-order valence-corrected chi connectivity index (χ0v) is 21.5. The molecule has 0 aliphatic carbocycles. The topological polar surface area (TPSA) is 137 Å². The van der Waals surface area contributed by atoms with Crippen LogP contribution in [0.1, 0.15) is 46.3 Å². The van der Waals surface area contributed by atoms with Crippen molar-refractivity contribution in [3.8, 4) is 17.3 Å². The number of nitrogen functional groups attached to an aromatic ring is 1. The molecule has 38 heavy (non-hydrogen) atoms. The summed E-state index contributed by atoms with van der Waals surface area (Å²) in [5.74, 6) is 0.619. The van der Waals surface area contributed by atoms with Gasteiger partial charge < -0.3 is 14.9 Å². The highest BCUT2D eigenvalue weighted by Crippen LogP contribution is 2.29. The lowest BCUT2D eigenvalue weighted by molar-refractivity contribution is 0.103. The van der Waals surface area contributed by atoms with Gasteiger partial charge in [0.05, 0.1) is 17.6 Å². The minimum atomic E-state index is -0.472. The first-order valence-electron chi connectivity index (χ1n) is 12.0. The molecule has 0 aliphatic rings. The zero-order valence-electron chi connectivity index (χ0n) is 20.7. The third kappa shape index (κ3) is 5.01. The normalized spacial score (nSPS) is 12.0. The molecule has 0 bridgehead atoms. The first-order valence-corrected chi connectivity index (χ1v) is 12.3. The quantitative estimate of drug-likeness (QED) is 0.258. The van der Waals surface area contributed by atoms with Crippen molar-refractivity contribution in [1.82, 2.24) is 20.6 Å². The lowest BCUT2D eigenvalue weighted by Gasteiger charge is -2.13. The van der Waals surface area contributed by atoms with Crippen molar-refractivity contribution in [2.75, 3.05) is 12.3 Å². The van der Waals surface area contributed by atoms with Crippen LogP contribution in [0, 0.1) is 6.92 Å². The summed E-state index contributed by atoms with van der Waals surface area (Å²) in [4.78, 5) is 26.5. The van der Waals surface area contributed by atoms with Gasteiger partial charge in [-0.15, -0.1) is 10.2 Å². The van der Waals surface area contributed by atoms with E-state index in [2.05, 4.69) is 27.5 Å².